The highest BCUT2D eigenvalue weighted by atomic mass is 35.5. The molecule has 3 N–H and O–H groups in total. The first-order valence-corrected chi connectivity index (χ1v) is 5.98. The van der Waals surface area contributed by atoms with Crippen LogP contribution in [0.1, 0.15) is 0 Å². The van der Waals surface area contributed by atoms with E-state index >= 15 is 0 Å². The maximum absolute atomic E-state index is 10.7. The van der Waals surface area contributed by atoms with Gasteiger partial charge in [0.15, 0.2) is 0 Å². The van der Waals surface area contributed by atoms with E-state index in [0.717, 1.165) is 0 Å². The van der Waals surface area contributed by atoms with Crippen molar-refractivity contribution < 1.29 is 4.92 Å². The Morgan fingerprint density at radius 1 is 1.00 bits per heavy atom. The molecule has 0 unspecified atom stereocenters. The van der Waals surface area contributed by atoms with Crippen molar-refractivity contribution in [1.29, 1.82) is 0 Å². The second kappa shape index (κ2) is 5.34. The summed E-state index contributed by atoms with van der Waals surface area (Å²) in [6.45, 7) is 0. The molecular weight excluding hydrogens is 289 g/mol. The molecule has 5 nitrogen and oxygen atoms in total. The summed E-state index contributed by atoms with van der Waals surface area (Å²) in [5.74, 6) is 0. The van der Waals surface area contributed by atoms with Crippen LogP contribution in [0, 0.1) is 10.1 Å². The number of nitro benzene ring substituents is 1. The summed E-state index contributed by atoms with van der Waals surface area (Å²) in [6.07, 6.45) is 0. The van der Waals surface area contributed by atoms with Crippen molar-refractivity contribution in [3.05, 3.63) is 56.6 Å². The maximum atomic E-state index is 10.7. The minimum atomic E-state index is -0.507. The van der Waals surface area contributed by atoms with Crippen LogP contribution in [0.3, 0.4) is 0 Å². The molecule has 0 spiro atoms. The average molecular weight is 298 g/mol. The molecule has 0 saturated carbocycles. The molecule has 19 heavy (non-hydrogen) atoms. The fraction of sp³-hybridized carbons (Fsp3) is 0. The summed E-state index contributed by atoms with van der Waals surface area (Å²) in [6, 6.07) is 9.16. The van der Waals surface area contributed by atoms with E-state index in [0.29, 0.717) is 27.1 Å². The summed E-state index contributed by atoms with van der Waals surface area (Å²) >= 11 is 11.7. The third-order valence-electron chi connectivity index (χ3n) is 2.30. The zero-order chi connectivity index (χ0) is 14.0. The predicted molar refractivity (Wildman–Crippen MR) is 77.3 cm³/mol. The lowest BCUT2D eigenvalue weighted by molar-refractivity contribution is -0.384. The van der Waals surface area contributed by atoms with Gasteiger partial charge in [0, 0.05) is 39.2 Å². The molecule has 0 aromatic heterocycles. The number of benzene rings is 2. The molecule has 0 saturated heterocycles. The number of hydrogen-bond donors (Lipinski definition) is 2. The number of nitrogens with zero attached hydrogens (tertiary/aromatic N) is 1. The van der Waals surface area contributed by atoms with E-state index in [1.54, 1.807) is 24.3 Å². The van der Waals surface area contributed by atoms with Gasteiger partial charge in [-0.05, 0) is 24.3 Å². The number of nitrogen functional groups attached to an aromatic ring is 1. The van der Waals surface area contributed by atoms with Crippen molar-refractivity contribution in [2.45, 2.75) is 0 Å². The van der Waals surface area contributed by atoms with Gasteiger partial charge < -0.3 is 11.1 Å². The summed E-state index contributed by atoms with van der Waals surface area (Å²) in [5, 5.41) is 14.6. The van der Waals surface area contributed by atoms with Crippen LogP contribution in [0.5, 0.6) is 0 Å². The second-order valence-electron chi connectivity index (χ2n) is 3.85. The van der Waals surface area contributed by atoms with Gasteiger partial charge in [0.05, 0.1) is 4.92 Å². The van der Waals surface area contributed by atoms with Crippen LogP contribution in [0.4, 0.5) is 22.7 Å². The van der Waals surface area contributed by atoms with Crippen molar-refractivity contribution in [3.8, 4) is 0 Å². The van der Waals surface area contributed by atoms with E-state index in [9.17, 15) is 10.1 Å². The number of nitrogens with one attached hydrogen (secondary N) is 1. The third-order valence-corrected chi connectivity index (χ3v) is 2.74. The number of hydrogen-bond acceptors (Lipinski definition) is 4. The molecule has 7 heteroatoms. The van der Waals surface area contributed by atoms with Crippen LogP contribution >= 0.6 is 23.2 Å². The van der Waals surface area contributed by atoms with E-state index in [4.69, 9.17) is 28.9 Å². The molecule has 0 fully saturated rings. The highest BCUT2D eigenvalue weighted by Crippen LogP contribution is 2.28. The number of nitro groups is 1. The zero-order valence-electron chi connectivity index (χ0n) is 9.56. The van der Waals surface area contributed by atoms with Gasteiger partial charge in [-0.25, -0.2) is 0 Å². The minimum absolute atomic E-state index is 0.0874. The van der Waals surface area contributed by atoms with Crippen LogP contribution in [0.25, 0.3) is 0 Å². The Kier molecular flexibility index (Phi) is 3.78. The quantitative estimate of drug-likeness (QED) is 0.505. The van der Waals surface area contributed by atoms with Gasteiger partial charge in [0.25, 0.3) is 5.69 Å². The Hall–Kier alpha value is -1.98. The molecule has 0 bridgehead atoms. The van der Waals surface area contributed by atoms with E-state index < -0.39 is 4.92 Å². The zero-order valence-corrected chi connectivity index (χ0v) is 11.1. The Morgan fingerprint density at radius 3 is 2.16 bits per heavy atom. The summed E-state index contributed by atoms with van der Waals surface area (Å²) in [4.78, 5) is 10.2. The normalized spacial score (nSPS) is 10.2. The van der Waals surface area contributed by atoms with Gasteiger partial charge in [0.1, 0.15) is 0 Å². The first-order chi connectivity index (χ1) is 8.94. The largest absolute Gasteiger partial charge is 0.398 e. The first-order valence-electron chi connectivity index (χ1n) is 5.22. The molecule has 0 heterocycles. The lowest BCUT2D eigenvalue weighted by atomic mass is 10.2. The Balaban J connectivity index is 2.35. The van der Waals surface area contributed by atoms with Crippen LogP contribution in [-0.2, 0) is 0 Å². The van der Waals surface area contributed by atoms with E-state index in [1.165, 1.54) is 12.1 Å². The average Bonchev–Trinajstić information content (AvgIpc) is 2.26. The number of nitrogens with two attached hydrogens (primary N) is 1. The monoisotopic (exact) mass is 297 g/mol. The molecule has 2 aromatic rings. The highest BCUT2D eigenvalue weighted by Gasteiger charge is 2.09. The molecule has 2 aromatic carbocycles. The summed E-state index contributed by atoms with van der Waals surface area (Å²) in [7, 11) is 0. The van der Waals surface area contributed by atoms with E-state index in [2.05, 4.69) is 5.32 Å². The molecule has 0 atom stereocenters. The molecule has 0 aliphatic heterocycles. The molecule has 0 radical (unpaired) electrons. The molecule has 98 valence electrons. The van der Waals surface area contributed by atoms with Gasteiger partial charge >= 0.3 is 0 Å². The number of halogens is 2. The lowest BCUT2D eigenvalue weighted by Crippen LogP contribution is -1.96. The van der Waals surface area contributed by atoms with Crippen LogP contribution in [-0.4, -0.2) is 4.92 Å². The third kappa shape index (κ3) is 3.49. The van der Waals surface area contributed by atoms with E-state index in [1.807, 2.05) is 0 Å². The van der Waals surface area contributed by atoms with Crippen LogP contribution < -0.4 is 11.1 Å². The predicted octanol–water partition coefficient (Wildman–Crippen LogP) is 4.23. The molecule has 0 amide bonds. The van der Waals surface area contributed by atoms with Crippen molar-refractivity contribution in [2.75, 3.05) is 11.1 Å². The SMILES string of the molecule is Nc1cc(Nc2cc(Cl)cc(Cl)c2)cc([N+](=O)[O-])c1. The van der Waals surface area contributed by atoms with Gasteiger partial charge in [-0.1, -0.05) is 23.2 Å². The number of rotatable bonds is 3. The van der Waals surface area contributed by atoms with Crippen molar-refractivity contribution in [2.24, 2.45) is 0 Å². The van der Waals surface area contributed by atoms with Crippen molar-refractivity contribution in [3.63, 3.8) is 0 Å². The fourth-order valence-corrected chi connectivity index (χ4v) is 2.13. The maximum Gasteiger partial charge on any atom is 0.273 e. The topological polar surface area (TPSA) is 81.2 Å². The van der Waals surface area contributed by atoms with Crippen LogP contribution in [0.15, 0.2) is 36.4 Å². The number of anilines is 3. The molecular formula is C12H9Cl2N3O2. The standard InChI is InChI=1S/C12H9Cl2N3O2/c13-7-1-8(14)3-10(2-7)16-11-4-9(15)5-12(6-11)17(18)19/h1-6,16H,15H2. The molecule has 0 aliphatic rings. The fourth-order valence-electron chi connectivity index (χ4n) is 1.60. The Bertz CT molecular complexity index is 627. The first kappa shape index (κ1) is 13.5. The van der Waals surface area contributed by atoms with Crippen molar-refractivity contribution in [1.82, 2.24) is 0 Å². The number of non-ortho nitro benzene ring substituents is 1. The van der Waals surface area contributed by atoms with Gasteiger partial charge in [-0.15, -0.1) is 0 Å². The summed E-state index contributed by atoms with van der Waals surface area (Å²) in [5.41, 5.74) is 6.94. The van der Waals surface area contributed by atoms with Gasteiger partial charge in [-0.2, -0.15) is 0 Å². The summed E-state index contributed by atoms with van der Waals surface area (Å²) < 4.78 is 0. The highest BCUT2D eigenvalue weighted by molar-refractivity contribution is 6.35. The minimum Gasteiger partial charge on any atom is -0.398 e. The smallest absolute Gasteiger partial charge is 0.273 e. The Labute approximate surface area is 119 Å². The van der Waals surface area contributed by atoms with Gasteiger partial charge in [0.2, 0.25) is 0 Å². The van der Waals surface area contributed by atoms with E-state index in [-0.39, 0.29) is 5.69 Å². The van der Waals surface area contributed by atoms with Crippen LogP contribution in [0.2, 0.25) is 10.0 Å². The molecule has 0 aliphatic carbocycles. The van der Waals surface area contributed by atoms with Crippen molar-refractivity contribution >= 4 is 46.0 Å². The van der Waals surface area contributed by atoms with Gasteiger partial charge in [-0.3, -0.25) is 10.1 Å². The molecule has 2 rings (SSSR count). The second-order valence-corrected chi connectivity index (χ2v) is 4.73. The lowest BCUT2D eigenvalue weighted by Gasteiger charge is -2.08. The Morgan fingerprint density at radius 2 is 1.58 bits per heavy atom.